The van der Waals surface area contributed by atoms with Gasteiger partial charge in [-0.2, -0.15) is 0 Å². The molecule has 0 aromatic rings. The van der Waals surface area contributed by atoms with Gasteiger partial charge in [-0.15, -0.1) is 0 Å². The van der Waals surface area contributed by atoms with Gasteiger partial charge in [-0.3, -0.25) is 4.90 Å². The minimum absolute atomic E-state index is 0.161. The number of hydrogen-bond acceptors (Lipinski definition) is 5. The average molecular weight is 369 g/mol. The zero-order valence-corrected chi connectivity index (χ0v) is 16.8. The van der Waals surface area contributed by atoms with Gasteiger partial charge in [0.25, 0.3) is 0 Å². The van der Waals surface area contributed by atoms with E-state index in [1.54, 1.807) is 4.90 Å². The summed E-state index contributed by atoms with van der Waals surface area (Å²) < 4.78 is 37.6. The van der Waals surface area contributed by atoms with E-state index in [4.69, 9.17) is 18.8 Å². The second-order valence-electron chi connectivity index (χ2n) is 9.50. The summed E-state index contributed by atoms with van der Waals surface area (Å²) in [5, 5.41) is 0. The highest BCUT2D eigenvalue weighted by molar-refractivity contribution is 6.53. The Morgan fingerprint density at radius 3 is 2.12 bits per heavy atom. The van der Waals surface area contributed by atoms with E-state index in [0.29, 0.717) is 25.2 Å². The molecule has 1 spiro atoms. The number of carbonyl (C=O) groups is 1. The SMILES string of the molecule is CC(C)(C)OC(=O)N1CC(=C(F)B2OC(C)(C)C(C)(C)O2)CC12COC2. The summed E-state index contributed by atoms with van der Waals surface area (Å²) >= 11 is 0. The maximum absolute atomic E-state index is 15.2. The molecule has 0 saturated carbocycles. The second-order valence-corrected chi connectivity index (χ2v) is 9.50. The summed E-state index contributed by atoms with van der Waals surface area (Å²) in [6.45, 7) is 13.9. The van der Waals surface area contributed by atoms with Crippen LogP contribution in [0.4, 0.5) is 9.18 Å². The van der Waals surface area contributed by atoms with Crippen molar-refractivity contribution in [2.24, 2.45) is 0 Å². The van der Waals surface area contributed by atoms with Crippen molar-refractivity contribution in [3.05, 3.63) is 11.3 Å². The minimum Gasteiger partial charge on any atom is -0.444 e. The van der Waals surface area contributed by atoms with Crippen molar-refractivity contribution in [2.75, 3.05) is 19.8 Å². The molecule has 3 aliphatic rings. The van der Waals surface area contributed by atoms with Gasteiger partial charge in [0.1, 0.15) is 11.3 Å². The maximum atomic E-state index is 15.2. The molecule has 0 N–H and O–H groups in total. The fourth-order valence-corrected chi connectivity index (χ4v) is 3.35. The fraction of sp³-hybridized carbons (Fsp3) is 0.833. The van der Waals surface area contributed by atoms with Crippen LogP contribution in [0.1, 0.15) is 54.9 Å². The zero-order valence-electron chi connectivity index (χ0n) is 16.8. The summed E-state index contributed by atoms with van der Waals surface area (Å²) in [5.41, 5.74) is -2.30. The lowest BCUT2D eigenvalue weighted by Gasteiger charge is -2.44. The number of carbonyl (C=O) groups excluding carboxylic acids is 1. The van der Waals surface area contributed by atoms with Crippen molar-refractivity contribution >= 4 is 13.2 Å². The average Bonchev–Trinajstić information content (AvgIpc) is 2.92. The van der Waals surface area contributed by atoms with E-state index in [0.717, 1.165) is 0 Å². The highest BCUT2D eigenvalue weighted by Gasteiger charge is 2.57. The first kappa shape index (κ1) is 19.6. The predicted octanol–water partition coefficient (Wildman–Crippen LogP) is 3.25. The molecule has 0 unspecified atom stereocenters. The van der Waals surface area contributed by atoms with Crippen LogP contribution in [0.2, 0.25) is 0 Å². The van der Waals surface area contributed by atoms with E-state index >= 15 is 4.39 Å². The van der Waals surface area contributed by atoms with Gasteiger partial charge in [0.15, 0.2) is 0 Å². The Hall–Kier alpha value is -1.12. The molecule has 26 heavy (non-hydrogen) atoms. The normalized spacial score (nSPS) is 28.3. The largest absolute Gasteiger partial charge is 0.525 e. The molecule has 0 aliphatic carbocycles. The second kappa shape index (κ2) is 5.94. The third-order valence-electron chi connectivity index (χ3n) is 5.62. The molecule has 3 aliphatic heterocycles. The summed E-state index contributed by atoms with van der Waals surface area (Å²) in [5.74, 6) is 0. The van der Waals surface area contributed by atoms with Gasteiger partial charge in [-0.05, 0) is 54.0 Å². The molecule has 0 aromatic heterocycles. The van der Waals surface area contributed by atoms with Crippen molar-refractivity contribution < 1.29 is 28.0 Å². The fourth-order valence-electron chi connectivity index (χ4n) is 3.35. The summed E-state index contributed by atoms with van der Waals surface area (Å²) in [6.07, 6.45) is -0.0418. The molecule has 6 nitrogen and oxygen atoms in total. The number of likely N-dealkylation sites (tertiary alicyclic amines) is 1. The Kier molecular flexibility index (Phi) is 4.49. The molecule has 0 aromatic carbocycles. The first-order chi connectivity index (χ1) is 11.8. The first-order valence-electron chi connectivity index (χ1n) is 9.08. The van der Waals surface area contributed by atoms with Crippen LogP contribution in [0.5, 0.6) is 0 Å². The Morgan fingerprint density at radius 1 is 1.15 bits per heavy atom. The number of halogens is 1. The molecular formula is C18H29BFNO5. The highest BCUT2D eigenvalue weighted by Crippen LogP contribution is 2.44. The van der Waals surface area contributed by atoms with E-state index in [-0.39, 0.29) is 6.54 Å². The van der Waals surface area contributed by atoms with Crippen LogP contribution in [-0.4, -0.2) is 60.2 Å². The molecule has 1 amide bonds. The zero-order chi connectivity index (χ0) is 19.5. The number of hydrogen-bond donors (Lipinski definition) is 0. The minimum atomic E-state index is -1.05. The van der Waals surface area contributed by atoms with Gasteiger partial charge in [0.05, 0.1) is 30.0 Å². The van der Waals surface area contributed by atoms with Crippen molar-refractivity contribution in [3.63, 3.8) is 0 Å². The smallest absolute Gasteiger partial charge is 0.444 e. The molecule has 3 heterocycles. The van der Waals surface area contributed by atoms with E-state index < -0.39 is 41.3 Å². The standard InChI is InChI=1S/C18H29BFNO5/c1-15(2,3)24-14(22)21-9-12(8-18(21)10-23-11-18)13(20)19-25-16(4,5)17(6,7)26-19/h8-11H2,1-7H3. The number of nitrogens with zero attached hydrogens (tertiary/aromatic N) is 1. The molecular weight excluding hydrogens is 340 g/mol. The van der Waals surface area contributed by atoms with Gasteiger partial charge in [-0.25, -0.2) is 9.18 Å². The highest BCUT2D eigenvalue weighted by atomic mass is 19.1. The topological polar surface area (TPSA) is 57.2 Å². The molecule has 146 valence electrons. The van der Waals surface area contributed by atoms with Gasteiger partial charge in [0, 0.05) is 13.0 Å². The summed E-state index contributed by atoms with van der Waals surface area (Å²) in [7, 11) is -1.05. The first-order valence-corrected chi connectivity index (χ1v) is 9.08. The molecule has 3 saturated heterocycles. The number of ether oxygens (including phenoxy) is 2. The van der Waals surface area contributed by atoms with Crippen molar-refractivity contribution in [1.82, 2.24) is 4.90 Å². The van der Waals surface area contributed by atoms with Gasteiger partial charge in [-0.1, -0.05) is 0 Å². The van der Waals surface area contributed by atoms with Crippen molar-refractivity contribution in [3.8, 4) is 0 Å². The molecule has 0 atom stereocenters. The van der Waals surface area contributed by atoms with Gasteiger partial charge in [0.2, 0.25) is 0 Å². The van der Waals surface area contributed by atoms with E-state index in [1.165, 1.54) is 0 Å². The Morgan fingerprint density at radius 2 is 1.69 bits per heavy atom. The molecule has 3 rings (SSSR count). The lowest BCUT2D eigenvalue weighted by atomic mass is 9.82. The van der Waals surface area contributed by atoms with Gasteiger partial charge >= 0.3 is 13.2 Å². The Labute approximate surface area is 155 Å². The lowest BCUT2D eigenvalue weighted by molar-refractivity contribution is -0.120. The molecule has 0 radical (unpaired) electrons. The quantitative estimate of drug-likeness (QED) is 0.664. The van der Waals surface area contributed by atoms with Crippen LogP contribution in [0.15, 0.2) is 11.3 Å². The summed E-state index contributed by atoms with van der Waals surface area (Å²) in [4.78, 5) is 14.2. The Bertz CT molecular complexity index is 620. The van der Waals surface area contributed by atoms with E-state index in [2.05, 4.69) is 0 Å². The van der Waals surface area contributed by atoms with Crippen molar-refractivity contribution in [2.45, 2.75) is 77.2 Å². The third-order valence-corrected chi connectivity index (χ3v) is 5.62. The molecule has 3 fully saturated rings. The van der Waals surface area contributed by atoms with Crippen LogP contribution in [0.3, 0.4) is 0 Å². The number of rotatable bonds is 1. The van der Waals surface area contributed by atoms with Crippen LogP contribution < -0.4 is 0 Å². The maximum Gasteiger partial charge on any atom is 0.525 e. The van der Waals surface area contributed by atoms with Gasteiger partial charge < -0.3 is 18.8 Å². The van der Waals surface area contributed by atoms with E-state index in [9.17, 15) is 4.79 Å². The third kappa shape index (κ3) is 3.27. The molecule has 0 bridgehead atoms. The van der Waals surface area contributed by atoms with E-state index in [1.807, 2.05) is 48.5 Å². The molecule has 8 heteroatoms. The predicted molar refractivity (Wildman–Crippen MR) is 95.3 cm³/mol. The number of amides is 1. The van der Waals surface area contributed by atoms with Crippen molar-refractivity contribution in [1.29, 1.82) is 0 Å². The monoisotopic (exact) mass is 369 g/mol. The van der Waals surface area contributed by atoms with Crippen LogP contribution in [0, 0.1) is 0 Å². The lowest BCUT2D eigenvalue weighted by Crippen LogP contribution is -2.61. The van der Waals surface area contributed by atoms with Crippen LogP contribution in [-0.2, 0) is 18.8 Å². The summed E-state index contributed by atoms with van der Waals surface area (Å²) in [6, 6.07) is 0. The van der Waals surface area contributed by atoms with Crippen LogP contribution in [0.25, 0.3) is 0 Å². The van der Waals surface area contributed by atoms with Crippen LogP contribution >= 0.6 is 0 Å². The Balaban J connectivity index is 1.82.